The maximum atomic E-state index is 11.0. The van der Waals surface area contributed by atoms with E-state index in [2.05, 4.69) is 0 Å². The Balaban J connectivity index is 2.74. The van der Waals surface area contributed by atoms with Crippen molar-refractivity contribution >= 4 is 17.6 Å². The van der Waals surface area contributed by atoms with Gasteiger partial charge in [-0.3, -0.25) is 0 Å². The average molecular weight is 205 g/mol. The van der Waals surface area contributed by atoms with Crippen LogP contribution in [0.2, 0.25) is 0 Å². The summed E-state index contributed by atoms with van der Waals surface area (Å²) < 4.78 is 5.28. The number of ether oxygens (including phenoxy) is 1. The van der Waals surface area contributed by atoms with Crippen LogP contribution in [-0.4, -0.2) is 23.3 Å². The lowest BCUT2D eigenvalue weighted by atomic mass is 9.93. The summed E-state index contributed by atoms with van der Waals surface area (Å²) in [4.78, 5) is 11.0. The van der Waals surface area contributed by atoms with Gasteiger partial charge in [-0.05, 0) is 19.8 Å². The first-order chi connectivity index (χ1) is 6.10. The first-order valence-corrected chi connectivity index (χ1v) is 4.67. The summed E-state index contributed by atoms with van der Waals surface area (Å²) in [6, 6.07) is 0. The Bertz CT molecular complexity index is 229. The van der Waals surface area contributed by atoms with Crippen molar-refractivity contribution < 1.29 is 14.6 Å². The number of carbonyl (C=O) groups is 1. The highest BCUT2D eigenvalue weighted by atomic mass is 35.5. The van der Waals surface area contributed by atoms with E-state index in [0.29, 0.717) is 19.4 Å². The number of carboxylic acids is 1. The minimum atomic E-state index is -1.02. The highest BCUT2D eigenvalue weighted by Gasteiger charge is 2.42. The summed E-state index contributed by atoms with van der Waals surface area (Å²) in [6.45, 7) is 2.33. The van der Waals surface area contributed by atoms with E-state index in [-0.39, 0.29) is 0 Å². The van der Waals surface area contributed by atoms with E-state index < -0.39 is 11.6 Å². The minimum absolute atomic E-state index is 0.381. The normalized spacial score (nSPS) is 29.2. The molecule has 0 radical (unpaired) electrons. The van der Waals surface area contributed by atoms with Crippen molar-refractivity contribution in [2.24, 2.45) is 0 Å². The lowest BCUT2D eigenvalue weighted by Crippen LogP contribution is -2.37. The SMILES string of the molecule is C/C(=C\Cl)CC1(C(=O)O)CCCO1. The number of hydrogen-bond acceptors (Lipinski definition) is 2. The summed E-state index contributed by atoms with van der Waals surface area (Å²) in [7, 11) is 0. The fourth-order valence-electron chi connectivity index (χ4n) is 1.57. The van der Waals surface area contributed by atoms with Crippen LogP contribution in [0, 0.1) is 0 Å². The van der Waals surface area contributed by atoms with Gasteiger partial charge < -0.3 is 9.84 Å². The van der Waals surface area contributed by atoms with Gasteiger partial charge in [-0.1, -0.05) is 17.2 Å². The van der Waals surface area contributed by atoms with Gasteiger partial charge in [0.2, 0.25) is 0 Å². The Labute approximate surface area is 82.3 Å². The van der Waals surface area contributed by atoms with Gasteiger partial charge in [0.1, 0.15) is 0 Å². The predicted octanol–water partition coefficient (Wildman–Crippen LogP) is 2.15. The molecule has 0 aromatic rings. The molecule has 1 atom stereocenters. The van der Waals surface area contributed by atoms with Crippen LogP contribution in [0.4, 0.5) is 0 Å². The van der Waals surface area contributed by atoms with Crippen LogP contribution in [-0.2, 0) is 9.53 Å². The third-order valence-electron chi connectivity index (χ3n) is 2.24. The molecule has 0 aliphatic carbocycles. The van der Waals surface area contributed by atoms with Gasteiger partial charge in [0.15, 0.2) is 5.60 Å². The largest absolute Gasteiger partial charge is 0.479 e. The molecule has 1 fully saturated rings. The maximum absolute atomic E-state index is 11.0. The van der Waals surface area contributed by atoms with Crippen LogP contribution >= 0.6 is 11.6 Å². The molecule has 1 heterocycles. The Morgan fingerprint density at radius 1 is 1.77 bits per heavy atom. The molecule has 4 heteroatoms. The van der Waals surface area contributed by atoms with Gasteiger partial charge in [-0.2, -0.15) is 0 Å². The topological polar surface area (TPSA) is 46.5 Å². The second-order valence-electron chi connectivity index (χ2n) is 3.38. The molecule has 74 valence electrons. The second kappa shape index (κ2) is 4.11. The summed E-state index contributed by atoms with van der Waals surface area (Å²) in [5.41, 5.74) is 1.23. The number of carboxylic acid groups (broad SMARTS) is 1. The number of aliphatic carboxylic acids is 1. The first kappa shape index (κ1) is 10.5. The zero-order chi connectivity index (χ0) is 9.90. The molecule has 3 nitrogen and oxygen atoms in total. The van der Waals surface area contributed by atoms with E-state index in [9.17, 15) is 4.79 Å². The first-order valence-electron chi connectivity index (χ1n) is 4.24. The van der Waals surface area contributed by atoms with Crippen molar-refractivity contribution in [3.8, 4) is 0 Å². The number of hydrogen-bond donors (Lipinski definition) is 1. The van der Waals surface area contributed by atoms with Crippen molar-refractivity contribution in [1.29, 1.82) is 0 Å². The molecule has 0 bridgehead atoms. The van der Waals surface area contributed by atoms with Crippen molar-refractivity contribution in [2.45, 2.75) is 31.8 Å². The zero-order valence-corrected chi connectivity index (χ0v) is 8.30. The summed E-state index contributed by atoms with van der Waals surface area (Å²) in [5, 5.41) is 9.01. The van der Waals surface area contributed by atoms with Crippen LogP contribution in [0.5, 0.6) is 0 Å². The minimum Gasteiger partial charge on any atom is -0.479 e. The second-order valence-corrected chi connectivity index (χ2v) is 3.60. The van der Waals surface area contributed by atoms with E-state index in [4.69, 9.17) is 21.4 Å². The summed E-state index contributed by atoms with van der Waals surface area (Å²) in [5.74, 6) is -0.886. The van der Waals surface area contributed by atoms with E-state index in [1.165, 1.54) is 5.54 Å². The van der Waals surface area contributed by atoms with E-state index >= 15 is 0 Å². The van der Waals surface area contributed by atoms with Gasteiger partial charge >= 0.3 is 5.97 Å². The third kappa shape index (κ3) is 2.23. The van der Waals surface area contributed by atoms with Crippen molar-refractivity contribution in [2.75, 3.05) is 6.61 Å². The number of halogens is 1. The molecule has 1 N–H and O–H groups in total. The van der Waals surface area contributed by atoms with Gasteiger partial charge in [0.25, 0.3) is 0 Å². The van der Waals surface area contributed by atoms with E-state index in [1.807, 2.05) is 0 Å². The molecular weight excluding hydrogens is 192 g/mol. The summed E-state index contributed by atoms with van der Waals surface area (Å²) >= 11 is 5.49. The zero-order valence-electron chi connectivity index (χ0n) is 7.55. The fraction of sp³-hybridized carbons (Fsp3) is 0.667. The molecule has 0 amide bonds. The molecule has 13 heavy (non-hydrogen) atoms. The predicted molar refractivity (Wildman–Crippen MR) is 49.8 cm³/mol. The van der Waals surface area contributed by atoms with Gasteiger partial charge in [-0.25, -0.2) is 4.79 Å². The lowest BCUT2D eigenvalue weighted by molar-refractivity contribution is -0.159. The smallest absolute Gasteiger partial charge is 0.336 e. The van der Waals surface area contributed by atoms with Crippen molar-refractivity contribution in [1.82, 2.24) is 0 Å². The average Bonchev–Trinajstić information content (AvgIpc) is 2.54. The molecule has 1 aliphatic heterocycles. The van der Waals surface area contributed by atoms with Crippen molar-refractivity contribution in [3.63, 3.8) is 0 Å². The number of rotatable bonds is 3. The third-order valence-corrected chi connectivity index (χ3v) is 2.62. The molecular formula is C9H13ClO3. The molecule has 1 saturated heterocycles. The maximum Gasteiger partial charge on any atom is 0.336 e. The van der Waals surface area contributed by atoms with Crippen molar-refractivity contribution in [3.05, 3.63) is 11.1 Å². The molecule has 0 aromatic heterocycles. The van der Waals surface area contributed by atoms with Gasteiger partial charge in [0, 0.05) is 18.6 Å². The van der Waals surface area contributed by atoms with E-state index in [0.717, 1.165) is 12.0 Å². The Morgan fingerprint density at radius 2 is 2.46 bits per heavy atom. The molecule has 1 rings (SSSR count). The van der Waals surface area contributed by atoms with Gasteiger partial charge in [-0.15, -0.1) is 0 Å². The Kier molecular flexibility index (Phi) is 3.33. The van der Waals surface area contributed by atoms with Crippen LogP contribution in [0.15, 0.2) is 11.1 Å². The Morgan fingerprint density at radius 3 is 2.85 bits per heavy atom. The molecule has 0 aromatic carbocycles. The van der Waals surface area contributed by atoms with Crippen LogP contribution < -0.4 is 0 Å². The fourth-order valence-corrected chi connectivity index (χ4v) is 1.65. The highest BCUT2D eigenvalue weighted by Crippen LogP contribution is 2.32. The standard InChI is InChI=1S/C9H13ClO3/c1-7(6-10)5-9(8(11)12)3-2-4-13-9/h6H,2-5H2,1H3,(H,11,12)/b7-6+. The van der Waals surface area contributed by atoms with Gasteiger partial charge in [0.05, 0.1) is 0 Å². The van der Waals surface area contributed by atoms with E-state index in [1.54, 1.807) is 6.92 Å². The van der Waals surface area contributed by atoms with Crippen LogP contribution in [0.3, 0.4) is 0 Å². The highest BCUT2D eigenvalue weighted by molar-refractivity contribution is 6.25. The van der Waals surface area contributed by atoms with Crippen LogP contribution in [0.1, 0.15) is 26.2 Å². The molecule has 0 spiro atoms. The molecule has 0 saturated carbocycles. The molecule has 1 unspecified atom stereocenters. The quantitative estimate of drug-likeness (QED) is 0.766. The monoisotopic (exact) mass is 204 g/mol. The summed E-state index contributed by atoms with van der Waals surface area (Å²) in [6.07, 6.45) is 1.76. The van der Waals surface area contributed by atoms with Crippen LogP contribution in [0.25, 0.3) is 0 Å². The molecule has 1 aliphatic rings. The lowest BCUT2D eigenvalue weighted by Gasteiger charge is -2.23. The Hall–Kier alpha value is -0.540.